The molecule has 2 aromatic rings. The highest BCUT2D eigenvalue weighted by Gasteiger charge is 2.15. The number of aliphatic hydroxyl groups excluding tert-OH is 1. The van der Waals surface area contributed by atoms with E-state index in [0.29, 0.717) is 23.8 Å². The van der Waals surface area contributed by atoms with Crippen molar-refractivity contribution in [3.8, 4) is 0 Å². The Morgan fingerprint density at radius 3 is 2.89 bits per heavy atom. The first-order valence-electron chi connectivity index (χ1n) is 5.58. The third-order valence-electron chi connectivity index (χ3n) is 2.40. The van der Waals surface area contributed by atoms with Gasteiger partial charge in [0.1, 0.15) is 0 Å². The molecule has 0 aliphatic heterocycles. The third kappa shape index (κ3) is 3.40. The van der Waals surface area contributed by atoms with Crippen LogP contribution in [0.3, 0.4) is 0 Å². The lowest BCUT2D eigenvalue weighted by Crippen LogP contribution is -2.25. The normalized spacial score (nSPS) is 11.9. The topological polar surface area (TPSA) is 121 Å². The molecule has 2 aromatic heterocycles. The molecule has 0 spiro atoms. The van der Waals surface area contributed by atoms with Crippen molar-refractivity contribution in [3.05, 3.63) is 29.7 Å². The fraction of sp³-hybridized carbons (Fsp3) is 0.400. The number of H-pyrrole nitrogens is 1. The van der Waals surface area contributed by atoms with Gasteiger partial charge in [-0.25, -0.2) is 13.1 Å². The van der Waals surface area contributed by atoms with Crippen LogP contribution in [0.25, 0.3) is 0 Å². The number of aromatic nitrogens is 3. The summed E-state index contributed by atoms with van der Waals surface area (Å²) in [6, 6.07) is 1.37. The second kappa shape index (κ2) is 5.51. The number of sulfonamides is 1. The maximum atomic E-state index is 11.9. The summed E-state index contributed by atoms with van der Waals surface area (Å²) in [7, 11) is -3.60. The van der Waals surface area contributed by atoms with Gasteiger partial charge in [-0.3, -0.25) is 0 Å². The van der Waals surface area contributed by atoms with E-state index in [1.165, 1.54) is 12.3 Å². The summed E-state index contributed by atoms with van der Waals surface area (Å²) in [4.78, 5) is 6.71. The van der Waals surface area contributed by atoms with Gasteiger partial charge in [0.05, 0.1) is 11.5 Å². The predicted octanol–water partition coefficient (Wildman–Crippen LogP) is -0.281. The van der Waals surface area contributed by atoms with Crippen LogP contribution >= 0.6 is 0 Å². The summed E-state index contributed by atoms with van der Waals surface area (Å²) < 4.78 is 31.0. The summed E-state index contributed by atoms with van der Waals surface area (Å²) in [6.07, 6.45) is 1.64. The van der Waals surface area contributed by atoms with E-state index in [2.05, 4.69) is 19.8 Å². The molecule has 3 N–H and O–H groups in total. The van der Waals surface area contributed by atoms with Crippen LogP contribution in [0.5, 0.6) is 0 Å². The Morgan fingerprint density at radius 2 is 2.32 bits per heavy atom. The van der Waals surface area contributed by atoms with Gasteiger partial charge in [0, 0.05) is 24.9 Å². The molecule has 0 aliphatic rings. The van der Waals surface area contributed by atoms with Crippen LogP contribution < -0.4 is 4.72 Å². The number of hydrogen-bond donors (Lipinski definition) is 3. The first-order chi connectivity index (χ1) is 9.01. The quantitative estimate of drug-likeness (QED) is 0.671. The average Bonchev–Trinajstić information content (AvgIpc) is 2.98. The van der Waals surface area contributed by atoms with Gasteiger partial charge in [-0.05, 0) is 13.0 Å². The molecule has 0 bridgehead atoms. The average molecular weight is 286 g/mol. The molecular formula is C10H14N4O4S. The Hall–Kier alpha value is -1.71. The lowest BCUT2D eigenvalue weighted by Gasteiger charge is -2.02. The summed E-state index contributed by atoms with van der Waals surface area (Å²) in [5.74, 6) is 0.890. The van der Waals surface area contributed by atoms with Gasteiger partial charge < -0.3 is 14.6 Å². The van der Waals surface area contributed by atoms with Crippen LogP contribution in [-0.4, -0.2) is 35.2 Å². The predicted molar refractivity (Wildman–Crippen MR) is 64.6 cm³/mol. The Morgan fingerprint density at radius 1 is 1.53 bits per heavy atom. The van der Waals surface area contributed by atoms with Crippen LogP contribution in [0.4, 0.5) is 0 Å². The van der Waals surface area contributed by atoms with E-state index >= 15 is 0 Å². The molecule has 0 saturated heterocycles. The zero-order valence-electron chi connectivity index (χ0n) is 10.3. The van der Waals surface area contributed by atoms with Crippen molar-refractivity contribution >= 4 is 10.0 Å². The standard InChI is InChI=1S/C10H14N4O4S/c1-7-13-10(18-14-7)2-3-12-19(16,17)9-4-8(6-15)11-5-9/h4-5,11-12,15H,2-3,6H2,1H3. The Kier molecular flexibility index (Phi) is 3.98. The molecule has 2 heterocycles. The van der Waals surface area contributed by atoms with Gasteiger partial charge in [-0.15, -0.1) is 0 Å². The number of nitrogens with zero attached hydrogens (tertiary/aromatic N) is 2. The van der Waals surface area contributed by atoms with E-state index < -0.39 is 10.0 Å². The fourth-order valence-electron chi connectivity index (χ4n) is 1.48. The van der Waals surface area contributed by atoms with Crippen LogP contribution in [0.2, 0.25) is 0 Å². The second-order valence-electron chi connectivity index (χ2n) is 3.90. The van der Waals surface area contributed by atoms with Gasteiger partial charge >= 0.3 is 0 Å². The van der Waals surface area contributed by atoms with Crippen LogP contribution in [0.15, 0.2) is 21.7 Å². The van der Waals surface area contributed by atoms with Crippen molar-refractivity contribution in [2.45, 2.75) is 24.8 Å². The first kappa shape index (κ1) is 13.7. The Balaban J connectivity index is 1.94. The third-order valence-corrected chi connectivity index (χ3v) is 3.84. The molecule has 0 radical (unpaired) electrons. The molecule has 0 fully saturated rings. The smallest absolute Gasteiger partial charge is 0.242 e. The molecule has 0 atom stereocenters. The van der Waals surface area contributed by atoms with Crippen molar-refractivity contribution in [3.63, 3.8) is 0 Å². The van der Waals surface area contributed by atoms with E-state index in [4.69, 9.17) is 9.63 Å². The molecular weight excluding hydrogens is 272 g/mol. The van der Waals surface area contributed by atoms with Crippen LogP contribution in [0, 0.1) is 6.92 Å². The lowest BCUT2D eigenvalue weighted by molar-refractivity contribution is 0.277. The van der Waals surface area contributed by atoms with E-state index in [9.17, 15) is 8.42 Å². The van der Waals surface area contributed by atoms with Gasteiger partial charge in [0.15, 0.2) is 5.82 Å². The highest BCUT2D eigenvalue weighted by atomic mass is 32.2. The maximum Gasteiger partial charge on any atom is 0.242 e. The number of aromatic amines is 1. The van der Waals surface area contributed by atoms with Crippen LogP contribution in [0.1, 0.15) is 17.4 Å². The molecule has 0 aromatic carbocycles. The summed E-state index contributed by atoms with van der Waals surface area (Å²) in [6.45, 7) is 1.60. The van der Waals surface area contributed by atoms with Gasteiger partial charge in [0.2, 0.25) is 15.9 Å². The van der Waals surface area contributed by atoms with E-state index in [1.54, 1.807) is 6.92 Å². The highest BCUT2D eigenvalue weighted by Crippen LogP contribution is 2.10. The van der Waals surface area contributed by atoms with E-state index in [0.717, 1.165) is 0 Å². The zero-order chi connectivity index (χ0) is 13.9. The number of aliphatic hydroxyl groups is 1. The maximum absolute atomic E-state index is 11.9. The Labute approximate surface area is 109 Å². The molecule has 9 heteroatoms. The minimum Gasteiger partial charge on any atom is -0.390 e. The molecule has 104 valence electrons. The number of hydrogen-bond acceptors (Lipinski definition) is 6. The molecule has 0 aliphatic carbocycles. The lowest BCUT2D eigenvalue weighted by atomic mass is 10.4. The molecule has 19 heavy (non-hydrogen) atoms. The summed E-state index contributed by atoms with van der Waals surface area (Å²) >= 11 is 0. The van der Waals surface area contributed by atoms with Crippen molar-refractivity contribution in [1.82, 2.24) is 19.8 Å². The molecule has 2 rings (SSSR count). The van der Waals surface area contributed by atoms with Crippen molar-refractivity contribution in [2.24, 2.45) is 0 Å². The van der Waals surface area contributed by atoms with E-state index in [1.807, 2.05) is 0 Å². The first-order valence-corrected chi connectivity index (χ1v) is 7.06. The fourth-order valence-corrected chi connectivity index (χ4v) is 2.53. The molecule has 0 amide bonds. The largest absolute Gasteiger partial charge is 0.390 e. The highest BCUT2D eigenvalue weighted by molar-refractivity contribution is 7.89. The minimum absolute atomic E-state index is 0.0817. The van der Waals surface area contributed by atoms with Gasteiger partial charge in [0.25, 0.3) is 0 Å². The van der Waals surface area contributed by atoms with Crippen molar-refractivity contribution < 1.29 is 18.0 Å². The number of aryl methyl sites for hydroxylation is 1. The van der Waals surface area contributed by atoms with Crippen molar-refractivity contribution in [2.75, 3.05) is 6.54 Å². The zero-order valence-corrected chi connectivity index (χ0v) is 11.1. The number of nitrogens with one attached hydrogen (secondary N) is 2. The minimum atomic E-state index is -3.60. The molecule has 0 saturated carbocycles. The SMILES string of the molecule is Cc1noc(CCNS(=O)(=O)c2c[nH]c(CO)c2)n1. The molecule has 8 nitrogen and oxygen atoms in total. The van der Waals surface area contributed by atoms with Gasteiger partial charge in [-0.2, -0.15) is 4.98 Å². The monoisotopic (exact) mass is 286 g/mol. The van der Waals surface area contributed by atoms with Crippen molar-refractivity contribution in [1.29, 1.82) is 0 Å². The molecule has 0 unspecified atom stereocenters. The number of rotatable bonds is 6. The van der Waals surface area contributed by atoms with Crippen LogP contribution in [-0.2, 0) is 23.1 Å². The Bertz CT molecular complexity index is 646. The second-order valence-corrected chi connectivity index (χ2v) is 5.67. The van der Waals surface area contributed by atoms with E-state index in [-0.39, 0.29) is 18.0 Å². The van der Waals surface area contributed by atoms with Gasteiger partial charge in [-0.1, -0.05) is 5.16 Å². The summed E-state index contributed by atoms with van der Waals surface area (Å²) in [5, 5.41) is 12.5. The summed E-state index contributed by atoms with van der Waals surface area (Å²) in [5.41, 5.74) is 0.438.